The first kappa shape index (κ1) is 15.5. The minimum atomic E-state index is 0.0310. The maximum absolute atomic E-state index is 6.05. The molecule has 1 aromatic rings. The van der Waals surface area contributed by atoms with Crippen molar-refractivity contribution in [1.29, 1.82) is 0 Å². The van der Waals surface area contributed by atoms with Crippen molar-refractivity contribution in [1.82, 2.24) is 5.32 Å². The second-order valence-electron chi connectivity index (χ2n) is 6.03. The van der Waals surface area contributed by atoms with Crippen LogP contribution < -0.4 is 5.32 Å². The van der Waals surface area contributed by atoms with Crippen molar-refractivity contribution in [3.05, 3.63) is 35.9 Å². The molecule has 0 aliphatic heterocycles. The summed E-state index contributed by atoms with van der Waals surface area (Å²) >= 11 is 0. The van der Waals surface area contributed by atoms with Gasteiger partial charge in [0.15, 0.2) is 0 Å². The van der Waals surface area contributed by atoms with Crippen molar-refractivity contribution < 1.29 is 4.74 Å². The van der Waals surface area contributed by atoms with Gasteiger partial charge in [-0.15, -0.1) is 0 Å². The Bertz CT molecular complexity index is 370. The van der Waals surface area contributed by atoms with E-state index < -0.39 is 0 Å². The lowest BCUT2D eigenvalue weighted by Gasteiger charge is -2.43. The average molecular weight is 275 g/mol. The molecule has 0 radical (unpaired) electrons. The van der Waals surface area contributed by atoms with Crippen molar-refractivity contribution in [2.45, 2.75) is 63.5 Å². The Hall–Kier alpha value is -0.860. The minimum Gasteiger partial charge on any atom is -0.377 e. The summed E-state index contributed by atoms with van der Waals surface area (Å²) in [6.45, 7) is 3.30. The van der Waals surface area contributed by atoms with Crippen LogP contribution in [0.15, 0.2) is 30.3 Å². The van der Waals surface area contributed by atoms with E-state index in [1.165, 1.54) is 44.1 Å². The van der Waals surface area contributed by atoms with Gasteiger partial charge in [-0.25, -0.2) is 0 Å². The molecule has 1 N–H and O–H groups in total. The number of methoxy groups -OCH3 is 1. The summed E-state index contributed by atoms with van der Waals surface area (Å²) in [4.78, 5) is 0. The molecule has 1 unspecified atom stereocenters. The van der Waals surface area contributed by atoms with Crippen LogP contribution in [0.2, 0.25) is 0 Å². The molecule has 0 spiro atoms. The van der Waals surface area contributed by atoms with Gasteiger partial charge in [0.05, 0.1) is 5.60 Å². The first-order valence-electron chi connectivity index (χ1n) is 8.13. The van der Waals surface area contributed by atoms with Crippen LogP contribution >= 0.6 is 0 Å². The predicted octanol–water partition coefficient (Wildman–Crippen LogP) is 3.95. The SMILES string of the molecule is CCCNC(Cc1ccccc1)C1(OC)CCCCC1. The molecule has 0 saturated heterocycles. The Kier molecular flexibility index (Phi) is 6.06. The molecule has 20 heavy (non-hydrogen) atoms. The lowest BCUT2D eigenvalue weighted by atomic mass is 9.77. The van der Waals surface area contributed by atoms with Crippen LogP contribution in [0, 0.1) is 0 Å². The standard InChI is InChI=1S/C18H29NO/c1-3-14-19-17(15-16-10-6-4-7-11-16)18(20-2)12-8-5-9-13-18/h4,6-7,10-11,17,19H,3,5,8-9,12-15H2,1-2H3. The average Bonchev–Trinajstić information content (AvgIpc) is 2.53. The third kappa shape index (κ3) is 3.83. The van der Waals surface area contributed by atoms with Crippen LogP contribution in [0.3, 0.4) is 0 Å². The summed E-state index contributed by atoms with van der Waals surface area (Å²) in [6, 6.07) is 11.2. The first-order valence-corrected chi connectivity index (χ1v) is 8.13. The second kappa shape index (κ2) is 7.80. The van der Waals surface area contributed by atoms with Gasteiger partial charge in [-0.2, -0.15) is 0 Å². The zero-order valence-corrected chi connectivity index (χ0v) is 13.0. The summed E-state index contributed by atoms with van der Waals surface area (Å²) in [7, 11) is 1.90. The molecule has 0 bridgehead atoms. The molecule has 1 atom stereocenters. The topological polar surface area (TPSA) is 21.3 Å². The number of rotatable bonds is 7. The van der Waals surface area contributed by atoms with E-state index in [1.54, 1.807) is 0 Å². The molecule has 1 fully saturated rings. The third-order valence-corrected chi connectivity index (χ3v) is 4.66. The van der Waals surface area contributed by atoms with Gasteiger partial charge in [0.1, 0.15) is 0 Å². The molecular weight excluding hydrogens is 246 g/mol. The highest BCUT2D eigenvalue weighted by atomic mass is 16.5. The molecule has 0 heterocycles. The molecule has 2 nitrogen and oxygen atoms in total. The quantitative estimate of drug-likeness (QED) is 0.813. The van der Waals surface area contributed by atoms with Crippen LogP contribution in [0.5, 0.6) is 0 Å². The van der Waals surface area contributed by atoms with E-state index in [-0.39, 0.29) is 5.60 Å². The van der Waals surface area contributed by atoms with Crippen LogP contribution in [-0.4, -0.2) is 25.3 Å². The van der Waals surface area contributed by atoms with Gasteiger partial charge in [-0.3, -0.25) is 0 Å². The van der Waals surface area contributed by atoms with Gasteiger partial charge >= 0.3 is 0 Å². The van der Waals surface area contributed by atoms with Gasteiger partial charge in [-0.05, 0) is 37.8 Å². The molecule has 112 valence electrons. The Morgan fingerprint density at radius 2 is 1.85 bits per heavy atom. The van der Waals surface area contributed by atoms with Crippen molar-refractivity contribution >= 4 is 0 Å². The van der Waals surface area contributed by atoms with Crippen LogP contribution in [0.1, 0.15) is 51.0 Å². The molecule has 2 heteroatoms. The number of nitrogens with one attached hydrogen (secondary N) is 1. The van der Waals surface area contributed by atoms with E-state index in [1.807, 2.05) is 7.11 Å². The summed E-state index contributed by atoms with van der Waals surface area (Å²) < 4.78 is 6.05. The Morgan fingerprint density at radius 1 is 1.15 bits per heavy atom. The predicted molar refractivity (Wildman–Crippen MR) is 85.1 cm³/mol. The maximum Gasteiger partial charge on any atom is 0.0834 e. The van der Waals surface area contributed by atoms with E-state index >= 15 is 0 Å². The Labute approximate surface area is 123 Å². The lowest BCUT2D eigenvalue weighted by Crippen LogP contribution is -2.54. The Balaban J connectivity index is 2.12. The first-order chi connectivity index (χ1) is 9.80. The van der Waals surface area contributed by atoms with Gasteiger partial charge < -0.3 is 10.1 Å². The van der Waals surface area contributed by atoms with E-state index in [0.717, 1.165) is 13.0 Å². The highest BCUT2D eigenvalue weighted by Crippen LogP contribution is 2.35. The van der Waals surface area contributed by atoms with Crippen molar-refractivity contribution in [2.75, 3.05) is 13.7 Å². The highest BCUT2D eigenvalue weighted by Gasteiger charge is 2.39. The highest BCUT2D eigenvalue weighted by molar-refractivity contribution is 5.17. The largest absolute Gasteiger partial charge is 0.377 e. The fourth-order valence-electron chi connectivity index (χ4n) is 3.46. The summed E-state index contributed by atoms with van der Waals surface area (Å²) in [5.41, 5.74) is 1.44. The summed E-state index contributed by atoms with van der Waals surface area (Å²) in [5, 5.41) is 3.75. The molecule has 1 aliphatic carbocycles. The van der Waals surface area contributed by atoms with Crippen molar-refractivity contribution in [2.24, 2.45) is 0 Å². The summed E-state index contributed by atoms with van der Waals surface area (Å²) in [5.74, 6) is 0. The van der Waals surface area contributed by atoms with E-state index in [9.17, 15) is 0 Å². The van der Waals surface area contributed by atoms with E-state index in [0.29, 0.717) is 6.04 Å². The number of hydrogen-bond donors (Lipinski definition) is 1. The molecular formula is C18H29NO. The monoisotopic (exact) mass is 275 g/mol. The third-order valence-electron chi connectivity index (χ3n) is 4.66. The fourth-order valence-corrected chi connectivity index (χ4v) is 3.46. The normalized spacial score (nSPS) is 19.7. The molecule has 1 saturated carbocycles. The molecule has 0 aromatic heterocycles. The number of hydrogen-bond acceptors (Lipinski definition) is 2. The second-order valence-corrected chi connectivity index (χ2v) is 6.03. The van der Waals surface area contributed by atoms with Crippen LogP contribution in [0.4, 0.5) is 0 Å². The van der Waals surface area contributed by atoms with Crippen molar-refractivity contribution in [3.8, 4) is 0 Å². The van der Waals surface area contributed by atoms with E-state index in [4.69, 9.17) is 4.74 Å². The van der Waals surface area contributed by atoms with Gasteiger partial charge in [0.2, 0.25) is 0 Å². The zero-order chi connectivity index (χ0) is 14.3. The van der Waals surface area contributed by atoms with Crippen LogP contribution in [-0.2, 0) is 11.2 Å². The lowest BCUT2D eigenvalue weighted by molar-refractivity contribution is -0.0672. The van der Waals surface area contributed by atoms with Crippen LogP contribution in [0.25, 0.3) is 0 Å². The van der Waals surface area contributed by atoms with Crippen molar-refractivity contribution in [3.63, 3.8) is 0 Å². The zero-order valence-electron chi connectivity index (χ0n) is 13.0. The molecule has 0 amide bonds. The van der Waals surface area contributed by atoms with Gasteiger partial charge in [-0.1, -0.05) is 56.5 Å². The Morgan fingerprint density at radius 3 is 2.45 bits per heavy atom. The maximum atomic E-state index is 6.05. The molecule has 1 aromatic carbocycles. The number of benzene rings is 1. The fraction of sp³-hybridized carbons (Fsp3) is 0.667. The summed E-state index contributed by atoms with van der Waals surface area (Å²) in [6.07, 6.45) is 8.58. The smallest absolute Gasteiger partial charge is 0.0834 e. The molecule has 1 aliphatic rings. The van der Waals surface area contributed by atoms with Gasteiger partial charge in [0, 0.05) is 13.2 Å². The van der Waals surface area contributed by atoms with E-state index in [2.05, 4.69) is 42.6 Å². The number of ether oxygens (including phenoxy) is 1. The molecule has 2 rings (SSSR count). The van der Waals surface area contributed by atoms with Gasteiger partial charge in [0.25, 0.3) is 0 Å². The minimum absolute atomic E-state index is 0.0310.